The fraction of sp³-hybridized carbons (Fsp3) is 0.167. The number of thiazole rings is 1. The Morgan fingerprint density at radius 1 is 1.18 bits per heavy atom. The number of carbonyl (C=O) groups excluding carboxylic acids is 1. The lowest BCUT2D eigenvalue weighted by Gasteiger charge is -2.23. The van der Waals surface area contributed by atoms with Crippen LogP contribution < -0.4 is 21.9 Å². The molecule has 0 aliphatic rings. The average Bonchev–Trinajstić information content (AvgIpc) is 3.26. The topological polar surface area (TPSA) is 123 Å². The van der Waals surface area contributed by atoms with Crippen LogP contribution in [0.25, 0.3) is 16.3 Å². The maximum Gasteiger partial charge on any atom is 0.330 e. The molecule has 9 nitrogen and oxygen atoms in total. The van der Waals surface area contributed by atoms with Crippen LogP contribution in [0.3, 0.4) is 0 Å². The van der Waals surface area contributed by atoms with E-state index >= 15 is 0 Å². The molecule has 2 aromatic carbocycles. The van der Waals surface area contributed by atoms with Crippen LogP contribution in [0.1, 0.15) is 10.6 Å². The number of nitrogens with one attached hydrogen (secondary N) is 1. The first kappa shape index (κ1) is 23.1. The molecule has 0 radical (unpaired) electrons. The van der Waals surface area contributed by atoms with Crippen molar-refractivity contribution in [3.63, 3.8) is 0 Å². The predicted molar refractivity (Wildman–Crippen MR) is 134 cm³/mol. The first-order chi connectivity index (χ1) is 16.5. The van der Waals surface area contributed by atoms with Gasteiger partial charge < -0.3 is 10.5 Å². The van der Waals surface area contributed by atoms with Crippen LogP contribution in [0, 0.1) is 0 Å². The maximum absolute atomic E-state index is 13.2. The van der Waals surface area contributed by atoms with Crippen LogP contribution in [0.15, 0.2) is 70.3 Å². The highest BCUT2D eigenvalue weighted by Crippen LogP contribution is 2.23. The summed E-state index contributed by atoms with van der Waals surface area (Å²) in [5.74, 6) is -0.589. The number of H-pyrrole nitrogens is 1. The summed E-state index contributed by atoms with van der Waals surface area (Å²) < 4.78 is 7.36. The van der Waals surface area contributed by atoms with Crippen molar-refractivity contribution in [1.29, 1.82) is 0 Å². The highest BCUT2D eigenvalue weighted by atomic mass is 32.1. The minimum absolute atomic E-state index is 0.0658. The Hall–Kier alpha value is -4.02. The number of hydrogen-bond donors (Lipinski definition) is 2. The molecule has 1 amide bonds. The fourth-order valence-corrected chi connectivity index (χ4v) is 4.34. The van der Waals surface area contributed by atoms with E-state index in [1.54, 1.807) is 6.08 Å². The molecule has 0 atom stereocenters. The molecule has 4 aromatic rings. The third-order valence-corrected chi connectivity index (χ3v) is 6.13. The lowest BCUT2D eigenvalue weighted by Crippen LogP contribution is -2.42. The smallest absolute Gasteiger partial charge is 0.330 e. The Labute approximate surface area is 198 Å². The highest BCUT2D eigenvalue weighted by Gasteiger charge is 2.23. The average molecular weight is 478 g/mol. The summed E-state index contributed by atoms with van der Waals surface area (Å²) in [7, 11) is 1.49. The van der Waals surface area contributed by atoms with Crippen molar-refractivity contribution in [1.82, 2.24) is 14.5 Å². The monoisotopic (exact) mass is 477 g/mol. The Morgan fingerprint density at radius 3 is 2.65 bits per heavy atom. The van der Waals surface area contributed by atoms with E-state index in [0.717, 1.165) is 15.8 Å². The summed E-state index contributed by atoms with van der Waals surface area (Å²) in [5, 5.41) is 0.650. The van der Waals surface area contributed by atoms with Crippen LogP contribution in [0.2, 0.25) is 0 Å². The van der Waals surface area contributed by atoms with Gasteiger partial charge in [0.25, 0.3) is 11.5 Å². The lowest BCUT2D eigenvalue weighted by molar-refractivity contribution is -0.114. The van der Waals surface area contributed by atoms with E-state index in [2.05, 4.69) is 9.97 Å². The van der Waals surface area contributed by atoms with E-state index in [9.17, 15) is 14.4 Å². The van der Waals surface area contributed by atoms with Crippen molar-refractivity contribution in [3.05, 3.63) is 92.1 Å². The summed E-state index contributed by atoms with van der Waals surface area (Å²) in [5.41, 5.74) is 6.43. The van der Waals surface area contributed by atoms with Crippen LogP contribution in [-0.2, 0) is 16.1 Å². The normalized spacial score (nSPS) is 11.3. The number of anilines is 2. The summed E-state index contributed by atoms with van der Waals surface area (Å²) in [6.07, 6.45) is 2.93. The molecule has 0 aliphatic heterocycles. The summed E-state index contributed by atoms with van der Waals surface area (Å²) in [4.78, 5) is 46.4. The molecule has 2 aromatic heterocycles. The van der Waals surface area contributed by atoms with Crippen molar-refractivity contribution in [3.8, 4) is 0 Å². The number of nitrogens with two attached hydrogens (primary N) is 1. The molecule has 2 heterocycles. The number of aromatic amines is 1. The Kier molecular flexibility index (Phi) is 7.00. The number of hydrogen-bond acceptors (Lipinski definition) is 7. The number of para-hydroxylation sites is 1. The Bertz CT molecular complexity index is 1420. The standard InChI is InChI=1S/C24H23N5O4S/c1-33-14-13-28(20(30)12-11-19-26-17-9-5-6-10-18(17)34-19)21-22(25)29(24(32)27-23(21)31)15-16-7-3-2-4-8-16/h2-12H,13-15,25H2,1H3,(H,27,31,32). The first-order valence-electron chi connectivity index (χ1n) is 10.5. The van der Waals surface area contributed by atoms with Gasteiger partial charge in [0.1, 0.15) is 10.8 Å². The second kappa shape index (κ2) is 10.3. The van der Waals surface area contributed by atoms with Crippen LogP contribution in [-0.4, -0.2) is 40.7 Å². The number of nitrogen functional groups attached to an aromatic ring is 1. The number of fused-ring (bicyclic) bond motifs is 1. The molecule has 10 heteroatoms. The van der Waals surface area contributed by atoms with Crippen LogP contribution >= 0.6 is 11.3 Å². The molecule has 0 unspecified atom stereocenters. The van der Waals surface area contributed by atoms with E-state index in [4.69, 9.17) is 10.5 Å². The van der Waals surface area contributed by atoms with Gasteiger partial charge in [-0.2, -0.15) is 0 Å². The van der Waals surface area contributed by atoms with Crippen molar-refractivity contribution in [2.45, 2.75) is 6.54 Å². The largest absolute Gasteiger partial charge is 0.383 e. The van der Waals surface area contributed by atoms with Gasteiger partial charge in [-0.25, -0.2) is 9.78 Å². The minimum Gasteiger partial charge on any atom is -0.383 e. The van der Waals surface area contributed by atoms with E-state index in [-0.39, 0.29) is 31.2 Å². The van der Waals surface area contributed by atoms with Gasteiger partial charge >= 0.3 is 5.69 Å². The van der Waals surface area contributed by atoms with Gasteiger partial charge in [-0.15, -0.1) is 11.3 Å². The van der Waals surface area contributed by atoms with Crippen molar-refractivity contribution >= 4 is 45.0 Å². The lowest BCUT2D eigenvalue weighted by atomic mass is 10.2. The highest BCUT2D eigenvalue weighted by molar-refractivity contribution is 7.19. The van der Waals surface area contributed by atoms with Gasteiger partial charge in [0.15, 0.2) is 5.69 Å². The van der Waals surface area contributed by atoms with Gasteiger partial charge in [-0.3, -0.25) is 24.0 Å². The van der Waals surface area contributed by atoms with Gasteiger partial charge in [0, 0.05) is 19.7 Å². The summed E-state index contributed by atoms with van der Waals surface area (Å²) >= 11 is 1.45. The molecular weight excluding hydrogens is 454 g/mol. The van der Waals surface area contributed by atoms with Gasteiger partial charge in [0.2, 0.25) is 0 Å². The predicted octanol–water partition coefficient (Wildman–Crippen LogP) is 2.47. The number of carbonyl (C=O) groups is 1. The van der Waals surface area contributed by atoms with Crippen LogP contribution in [0.4, 0.5) is 11.5 Å². The number of nitrogens with zero attached hydrogens (tertiary/aromatic N) is 3. The van der Waals surface area contributed by atoms with Crippen molar-refractivity contribution in [2.75, 3.05) is 30.9 Å². The molecule has 0 saturated heterocycles. The third-order valence-electron chi connectivity index (χ3n) is 5.13. The Balaban J connectivity index is 1.69. The number of ether oxygens (including phenoxy) is 1. The molecular formula is C24H23N5O4S. The molecule has 3 N–H and O–H groups in total. The van der Waals surface area contributed by atoms with E-state index in [0.29, 0.717) is 5.01 Å². The summed E-state index contributed by atoms with van der Waals surface area (Å²) in [6.45, 7) is 0.372. The third kappa shape index (κ3) is 4.98. The van der Waals surface area contributed by atoms with Crippen LogP contribution in [0.5, 0.6) is 0 Å². The second-order valence-corrected chi connectivity index (χ2v) is 8.46. The molecule has 0 aliphatic carbocycles. The molecule has 34 heavy (non-hydrogen) atoms. The second-order valence-electron chi connectivity index (χ2n) is 7.40. The maximum atomic E-state index is 13.2. The van der Waals surface area contributed by atoms with E-state index in [1.807, 2.05) is 54.6 Å². The van der Waals surface area contributed by atoms with Gasteiger partial charge in [0.05, 0.1) is 23.4 Å². The number of rotatable bonds is 8. The van der Waals surface area contributed by atoms with Crippen molar-refractivity contribution < 1.29 is 9.53 Å². The molecule has 0 bridgehead atoms. The fourth-order valence-electron chi connectivity index (χ4n) is 3.47. The summed E-state index contributed by atoms with van der Waals surface area (Å²) in [6, 6.07) is 16.9. The first-order valence-corrected chi connectivity index (χ1v) is 11.3. The number of methoxy groups -OCH3 is 1. The number of amides is 1. The van der Waals surface area contributed by atoms with Gasteiger partial charge in [-0.05, 0) is 23.8 Å². The zero-order valence-corrected chi connectivity index (χ0v) is 19.2. The molecule has 0 spiro atoms. The van der Waals surface area contributed by atoms with E-state index in [1.165, 1.54) is 34.0 Å². The van der Waals surface area contributed by atoms with E-state index < -0.39 is 17.2 Å². The number of benzene rings is 2. The molecule has 0 fully saturated rings. The van der Waals surface area contributed by atoms with Crippen molar-refractivity contribution in [2.24, 2.45) is 0 Å². The Morgan fingerprint density at radius 2 is 1.91 bits per heavy atom. The quantitative estimate of drug-likeness (QED) is 0.376. The molecule has 0 saturated carbocycles. The number of aromatic nitrogens is 3. The molecule has 174 valence electrons. The van der Waals surface area contributed by atoms with Gasteiger partial charge in [-0.1, -0.05) is 42.5 Å². The minimum atomic E-state index is -0.746. The molecule has 4 rings (SSSR count). The zero-order valence-electron chi connectivity index (χ0n) is 18.4. The zero-order chi connectivity index (χ0) is 24.1. The SMILES string of the molecule is COCCN(C(=O)C=Cc1nc2ccccc2s1)c1c(N)n(Cc2ccccc2)c(=O)[nH]c1=O.